The van der Waals surface area contributed by atoms with Crippen LogP contribution in [0, 0.1) is 17.1 Å². The van der Waals surface area contributed by atoms with Gasteiger partial charge in [-0.2, -0.15) is 5.26 Å². The molecular weight excluding hydrogens is 243 g/mol. The highest BCUT2D eigenvalue weighted by atomic mass is 19.1. The summed E-state index contributed by atoms with van der Waals surface area (Å²) >= 11 is 0. The molecular formula is C14H13FN4. The zero-order valence-electron chi connectivity index (χ0n) is 10.5. The first-order chi connectivity index (χ1) is 9.22. The van der Waals surface area contributed by atoms with Gasteiger partial charge in [0, 0.05) is 13.1 Å². The van der Waals surface area contributed by atoms with Crippen LogP contribution in [0.3, 0.4) is 0 Å². The highest BCUT2D eigenvalue weighted by molar-refractivity contribution is 5.38. The number of rotatable bonds is 4. The molecule has 0 spiro atoms. The summed E-state index contributed by atoms with van der Waals surface area (Å²) in [5.74, 6) is 0.422. The second-order valence-corrected chi connectivity index (χ2v) is 4.02. The number of anilines is 1. The molecule has 19 heavy (non-hydrogen) atoms. The first-order valence-corrected chi connectivity index (χ1v) is 5.94. The molecule has 0 saturated heterocycles. The molecule has 0 bridgehead atoms. The second kappa shape index (κ2) is 5.91. The van der Waals surface area contributed by atoms with E-state index in [4.69, 9.17) is 5.26 Å². The Bertz CT molecular complexity index is 589. The van der Waals surface area contributed by atoms with E-state index in [2.05, 4.69) is 9.97 Å². The van der Waals surface area contributed by atoms with Crippen molar-refractivity contribution in [1.29, 1.82) is 5.26 Å². The number of benzene rings is 1. The van der Waals surface area contributed by atoms with Gasteiger partial charge in [0.25, 0.3) is 0 Å². The SMILES string of the molecule is CCN(Cc1cccc(F)c1)c1cnc(C#N)cn1. The predicted octanol–water partition coefficient (Wildman–Crippen LogP) is 2.51. The average Bonchev–Trinajstić information content (AvgIpc) is 2.45. The van der Waals surface area contributed by atoms with E-state index in [1.807, 2.05) is 24.0 Å². The van der Waals surface area contributed by atoms with E-state index in [1.54, 1.807) is 12.3 Å². The molecule has 2 aromatic rings. The first kappa shape index (κ1) is 13.0. The summed E-state index contributed by atoms with van der Waals surface area (Å²) in [4.78, 5) is 10.1. The van der Waals surface area contributed by atoms with Crippen molar-refractivity contribution in [3.63, 3.8) is 0 Å². The largest absolute Gasteiger partial charge is 0.351 e. The molecule has 5 heteroatoms. The van der Waals surface area contributed by atoms with E-state index in [0.29, 0.717) is 12.4 Å². The smallest absolute Gasteiger partial charge is 0.158 e. The topological polar surface area (TPSA) is 52.8 Å². The van der Waals surface area contributed by atoms with Crippen LogP contribution in [0.25, 0.3) is 0 Å². The van der Waals surface area contributed by atoms with Crippen molar-refractivity contribution in [3.8, 4) is 6.07 Å². The maximum atomic E-state index is 13.1. The quantitative estimate of drug-likeness (QED) is 0.843. The van der Waals surface area contributed by atoms with Crippen molar-refractivity contribution in [2.75, 3.05) is 11.4 Å². The molecule has 1 heterocycles. The summed E-state index contributed by atoms with van der Waals surface area (Å²) in [7, 11) is 0. The van der Waals surface area contributed by atoms with Crippen LogP contribution in [0.5, 0.6) is 0 Å². The van der Waals surface area contributed by atoms with E-state index in [0.717, 1.165) is 12.1 Å². The van der Waals surface area contributed by atoms with E-state index >= 15 is 0 Å². The monoisotopic (exact) mass is 256 g/mol. The molecule has 0 aliphatic carbocycles. The highest BCUT2D eigenvalue weighted by Gasteiger charge is 2.08. The summed E-state index contributed by atoms with van der Waals surface area (Å²) in [5.41, 5.74) is 1.15. The fourth-order valence-corrected chi connectivity index (χ4v) is 1.75. The number of nitriles is 1. The minimum Gasteiger partial charge on any atom is -0.351 e. The number of aromatic nitrogens is 2. The molecule has 96 valence electrons. The number of halogens is 1. The maximum Gasteiger partial charge on any atom is 0.158 e. The van der Waals surface area contributed by atoms with Gasteiger partial charge in [-0.05, 0) is 24.6 Å². The molecule has 0 aliphatic rings. The van der Waals surface area contributed by atoms with E-state index in [1.165, 1.54) is 18.3 Å². The van der Waals surface area contributed by atoms with Crippen molar-refractivity contribution in [1.82, 2.24) is 9.97 Å². The molecule has 0 atom stereocenters. The number of hydrogen-bond donors (Lipinski definition) is 0. The van der Waals surface area contributed by atoms with E-state index in [-0.39, 0.29) is 11.5 Å². The average molecular weight is 256 g/mol. The predicted molar refractivity (Wildman–Crippen MR) is 69.9 cm³/mol. The van der Waals surface area contributed by atoms with Gasteiger partial charge in [0.15, 0.2) is 5.69 Å². The minimum atomic E-state index is -0.250. The standard InChI is InChI=1S/C14H13FN4/c1-2-19(10-11-4-3-5-12(15)6-11)14-9-17-13(7-16)8-18-14/h3-6,8-9H,2,10H2,1H3. The molecule has 0 unspecified atom stereocenters. The summed E-state index contributed by atoms with van der Waals surface area (Å²) in [6.45, 7) is 3.26. The molecule has 2 rings (SSSR count). The van der Waals surface area contributed by atoms with E-state index < -0.39 is 0 Å². The Balaban J connectivity index is 2.18. The minimum absolute atomic E-state index is 0.250. The summed E-state index contributed by atoms with van der Waals surface area (Å²) in [6.07, 6.45) is 2.99. The van der Waals surface area contributed by atoms with Crippen LogP contribution in [-0.4, -0.2) is 16.5 Å². The van der Waals surface area contributed by atoms with Crippen molar-refractivity contribution in [3.05, 3.63) is 53.7 Å². The Morgan fingerprint density at radius 2 is 2.16 bits per heavy atom. The van der Waals surface area contributed by atoms with Crippen LogP contribution >= 0.6 is 0 Å². The lowest BCUT2D eigenvalue weighted by molar-refractivity contribution is 0.624. The van der Waals surface area contributed by atoms with Gasteiger partial charge in [-0.3, -0.25) is 0 Å². The molecule has 0 radical (unpaired) electrons. The Kier molecular flexibility index (Phi) is 4.04. The van der Waals surface area contributed by atoms with Crippen molar-refractivity contribution in [2.24, 2.45) is 0 Å². The Hall–Kier alpha value is -2.48. The zero-order chi connectivity index (χ0) is 13.7. The molecule has 1 aromatic carbocycles. The van der Waals surface area contributed by atoms with Crippen LogP contribution in [0.1, 0.15) is 18.2 Å². The summed E-state index contributed by atoms with van der Waals surface area (Å²) in [5, 5.41) is 8.68. The van der Waals surface area contributed by atoms with E-state index in [9.17, 15) is 4.39 Å². The lowest BCUT2D eigenvalue weighted by Gasteiger charge is -2.21. The first-order valence-electron chi connectivity index (χ1n) is 5.94. The normalized spacial score (nSPS) is 9.95. The van der Waals surface area contributed by atoms with Crippen molar-refractivity contribution >= 4 is 5.82 Å². The molecule has 0 amide bonds. The Labute approximate surface area is 111 Å². The van der Waals surface area contributed by atoms with Crippen LogP contribution in [0.2, 0.25) is 0 Å². The molecule has 0 saturated carbocycles. The third-order valence-corrected chi connectivity index (χ3v) is 2.72. The number of nitrogens with zero attached hydrogens (tertiary/aromatic N) is 4. The van der Waals surface area contributed by atoms with Gasteiger partial charge in [-0.25, -0.2) is 14.4 Å². The Morgan fingerprint density at radius 3 is 2.74 bits per heavy atom. The van der Waals surface area contributed by atoms with Gasteiger partial charge >= 0.3 is 0 Å². The third-order valence-electron chi connectivity index (χ3n) is 2.72. The fraction of sp³-hybridized carbons (Fsp3) is 0.214. The summed E-state index contributed by atoms with van der Waals surface area (Å²) < 4.78 is 13.1. The molecule has 0 fully saturated rings. The highest BCUT2D eigenvalue weighted by Crippen LogP contribution is 2.14. The van der Waals surface area contributed by atoms with Crippen LogP contribution in [0.15, 0.2) is 36.7 Å². The van der Waals surface area contributed by atoms with Crippen LogP contribution < -0.4 is 4.90 Å². The second-order valence-electron chi connectivity index (χ2n) is 4.02. The fourth-order valence-electron chi connectivity index (χ4n) is 1.75. The lowest BCUT2D eigenvalue weighted by atomic mass is 10.2. The van der Waals surface area contributed by atoms with Crippen LogP contribution in [0.4, 0.5) is 10.2 Å². The molecule has 1 aromatic heterocycles. The number of hydrogen-bond acceptors (Lipinski definition) is 4. The maximum absolute atomic E-state index is 13.1. The van der Waals surface area contributed by atoms with Gasteiger partial charge < -0.3 is 4.90 Å². The van der Waals surface area contributed by atoms with Crippen molar-refractivity contribution in [2.45, 2.75) is 13.5 Å². The van der Waals surface area contributed by atoms with Crippen molar-refractivity contribution < 1.29 is 4.39 Å². The Morgan fingerprint density at radius 1 is 1.32 bits per heavy atom. The van der Waals surface area contributed by atoms with Gasteiger partial charge in [0.2, 0.25) is 0 Å². The van der Waals surface area contributed by atoms with Gasteiger partial charge in [0.05, 0.1) is 12.4 Å². The lowest BCUT2D eigenvalue weighted by Crippen LogP contribution is -2.23. The third kappa shape index (κ3) is 3.26. The zero-order valence-corrected chi connectivity index (χ0v) is 10.5. The molecule has 0 N–H and O–H groups in total. The summed E-state index contributed by atoms with van der Waals surface area (Å²) in [6, 6.07) is 8.39. The van der Waals surface area contributed by atoms with Gasteiger partial charge in [-0.1, -0.05) is 12.1 Å². The molecule has 0 aliphatic heterocycles. The molecule has 4 nitrogen and oxygen atoms in total. The van der Waals surface area contributed by atoms with Gasteiger partial charge in [0.1, 0.15) is 17.7 Å². The van der Waals surface area contributed by atoms with Crippen LogP contribution in [-0.2, 0) is 6.54 Å². The van der Waals surface area contributed by atoms with Gasteiger partial charge in [-0.15, -0.1) is 0 Å².